The van der Waals surface area contributed by atoms with Crippen LogP contribution in [0.25, 0.3) is 11.0 Å². The minimum atomic E-state index is -4.62. The van der Waals surface area contributed by atoms with Crippen LogP contribution in [0.15, 0.2) is 93.0 Å². The van der Waals surface area contributed by atoms with E-state index in [4.69, 9.17) is 4.42 Å². The van der Waals surface area contributed by atoms with Crippen molar-refractivity contribution in [2.45, 2.75) is 11.1 Å². The average molecular weight is 488 g/mol. The second kappa shape index (κ2) is 8.67. The highest BCUT2D eigenvalue weighted by atomic mass is 32.2. The lowest BCUT2D eigenvalue weighted by Crippen LogP contribution is -2.20. The molecule has 174 valence electrons. The Morgan fingerprint density at radius 2 is 1.56 bits per heavy atom. The van der Waals surface area contributed by atoms with Crippen molar-refractivity contribution < 1.29 is 30.8 Å². The van der Waals surface area contributed by atoms with Crippen molar-refractivity contribution >= 4 is 38.3 Å². The number of carbonyl (C=O) groups excluding carboxylic acids is 1. The van der Waals surface area contributed by atoms with Gasteiger partial charge >= 0.3 is 11.8 Å². The maximum atomic E-state index is 12.9. The Labute approximate surface area is 190 Å². The molecule has 0 atom stereocenters. The molecule has 4 rings (SSSR count). The van der Waals surface area contributed by atoms with Gasteiger partial charge in [-0.2, -0.15) is 13.2 Å². The number of para-hydroxylation sites is 1. The Kier molecular flexibility index (Phi) is 5.88. The van der Waals surface area contributed by atoms with Gasteiger partial charge in [0.25, 0.3) is 15.9 Å². The molecular weight excluding hydrogens is 473 g/mol. The fraction of sp³-hybridized carbons (Fsp3) is 0.0435. The second-order valence-electron chi connectivity index (χ2n) is 7.15. The van der Waals surface area contributed by atoms with Crippen LogP contribution in [0.4, 0.5) is 24.5 Å². The number of hydrogen-bond donors (Lipinski definition) is 2. The van der Waals surface area contributed by atoms with Crippen LogP contribution in [0, 0.1) is 0 Å². The van der Waals surface area contributed by atoms with Crippen molar-refractivity contribution in [1.82, 2.24) is 0 Å². The monoisotopic (exact) mass is 488 g/mol. The standard InChI is InChI=1S/C23H15F3N2O5S/c24-23(25,26)15-5-3-6-17(13-15)28-34(31,32)18-10-8-16(9-11-18)27-21(29)19-12-14-4-1-2-7-20(14)33-22(19)30/h1-13,28H,(H,27,29). The first-order chi connectivity index (χ1) is 16.0. The molecule has 2 N–H and O–H groups in total. The molecule has 3 aromatic carbocycles. The molecule has 0 aliphatic carbocycles. The molecule has 0 aliphatic heterocycles. The third-order valence-electron chi connectivity index (χ3n) is 4.75. The average Bonchev–Trinajstić information content (AvgIpc) is 2.78. The van der Waals surface area contributed by atoms with Crippen LogP contribution in [-0.4, -0.2) is 14.3 Å². The first kappa shape index (κ1) is 23.1. The van der Waals surface area contributed by atoms with Crippen molar-refractivity contribution in [3.63, 3.8) is 0 Å². The largest absolute Gasteiger partial charge is 0.422 e. The molecule has 1 amide bonds. The van der Waals surface area contributed by atoms with E-state index in [1.165, 1.54) is 24.3 Å². The number of hydrogen-bond acceptors (Lipinski definition) is 5. The summed E-state index contributed by atoms with van der Waals surface area (Å²) in [5, 5.41) is 3.03. The van der Waals surface area contributed by atoms with E-state index in [1.54, 1.807) is 24.3 Å². The zero-order valence-electron chi connectivity index (χ0n) is 17.1. The lowest BCUT2D eigenvalue weighted by atomic mass is 10.1. The maximum absolute atomic E-state index is 12.9. The van der Waals surface area contributed by atoms with Gasteiger partial charge in [-0.05, 0) is 54.6 Å². The minimum Gasteiger partial charge on any atom is -0.422 e. The van der Waals surface area contributed by atoms with E-state index >= 15 is 0 Å². The fourth-order valence-electron chi connectivity index (χ4n) is 3.11. The van der Waals surface area contributed by atoms with Gasteiger partial charge in [-0.25, -0.2) is 13.2 Å². The number of benzene rings is 3. The molecule has 7 nitrogen and oxygen atoms in total. The highest BCUT2D eigenvalue weighted by molar-refractivity contribution is 7.92. The van der Waals surface area contributed by atoms with Crippen molar-refractivity contribution in [2.24, 2.45) is 0 Å². The molecule has 0 saturated carbocycles. The Bertz CT molecular complexity index is 1550. The first-order valence-electron chi connectivity index (χ1n) is 9.67. The number of anilines is 2. The molecule has 0 radical (unpaired) electrons. The first-order valence-corrected chi connectivity index (χ1v) is 11.2. The molecule has 0 aliphatic rings. The van der Waals surface area contributed by atoms with Gasteiger partial charge in [0, 0.05) is 16.8 Å². The van der Waals surface area contributed by atoms with Gasteiger partial charge in [0.1, 0.15) is 11.1 Å². The summed E-state index contributed by atoms with van der Waals surface area (Å²) in [7, 11) is -4.20. The smallest absolute Gasteiger partial charge is 0.416 e. The van der Waals surface area contributed by atoms with Gasteiger partial charge in [-0.3, -0.25) is 9.52 Å². The molecule has 0 fully saturated rings. The zero-order valence-corrected chi connectivity index (χ0v) is 17.9. The molecule has 1 aromatic heterocycles. The Morgan fingerprint density at radius 3 is 2.26 bits per heavy atom. The van der Waals surface area contributed by atoms with E-state index in [9.17, 15) is 31.2 Å². The van der Waals surface area contributed by atoms with Gasteiger partial charge in [0.15, 0.2) is 0 Å². The summed E-state index contributed by atoms with van der Waals surface area (Å²) in [4.78, 5) is 24.4. The van der Waals surface area contributed by atoms with E-state index in [1.807, 2.05) is 0 Å². The number of halogens is 3. The second-order valence-corrected chi connectivity index (χ2v) is 8.83. The van der Waals surface area contributed by atoms with Crippen LogP contribution in [0.5, 0.6) is 0 Å². The van der Waals surface area contributed by atoms with Crippen molar-refractivity contribution in [1.29, 1.82) is 0 Å². The van der Waals surface area contributed by atoms with E-state index in [0.717, 1.165) is 24.3 Å². The van der Waals surface area contributed by atoms with Crippen LogP contribution in [0.2, 0.25) is 0 Å². The Hall–Kier alpha value is -4.12. The summed E-state index contributed by atoms with van der Waals surface area (Å²) >= 11 is 0. The summed E-state index contributed by atoms with van der Waals surface area (Å²) in [6.45, 7) is 0. The molecule has 0 unspecified atom stereocenters. The molecule has 4 aromatic rings. The van der Waals surface area contributed by atoms with Crippen molar-refractivity contribution in [3.8, 4) is 0 Å². The van der Waals surface area contributed by atoms with Crippen LogP contribution >= 0.6 is 0 Å². The molecule has 1 heterocycles. The molecule has 0 spiro atoms. The van der Waals surface area contributed by atoms with E-state index in [2.05, 4.69) is 10.0 Å². The molecule has 0 bridgehead atoms. The Balaban J connectivity index is 1.51. The number of rotatable bonds is 5. The summed E-state index contributed by atoms with van der Waals surface area (Å²) < 4.78 is 70.9. The third-order valence-corrected chi connectivity index (χ3v) is 6.15. The van der Waals surface area contributed by atoms with Gasteiger partial charge in [-0.1, -0.05) is 24.3 Å². The van der Waals surface area contributed by atoms with Gasteiger partial charge in [-0.15, -0.1) is 0 Å². The number of sulfonamides is 1. The van der Waals surface area contributed by atoms with Gasteiger partial charge in [0.2, 0.25) is 0 Å². The number of amides is 1. The third kappa shape index (κ3) is 4.94. The predicted molar refractivity (Wildman–Crippen MR) is 119 cm³/mol. The van der Waals surface area contributed by atoms with Crippen molar-refractivity contribution in [2.75, 3.05) is 10.0 Å². The van der Waals surface area contributed by atoms with E-state index in [0.29, 0.717) is 17.0 Å². The van der Waals surface area contributed by atoms with Crippen LogP contribution in [-0.2, 0) is 16.2 Å². The summed E-state index contributed by atoms with van der Waals surface area (Å²) in [6.07, 6.45) is -4.62. The summed E-state index contributed by atoms with van der Waals surface area (Å²) in [5.74, 6) is -0.753. The van der Waals surface area contributed by atoms with Crippen LogP contribution in [0.3, 0.4) is 0 Å². The Morgan fingerprint density at radius 1 is 0.853 bits per heavy atom. The zero-order chi connectivity index (χ0) is 24.5. The van der Waals surface area contributed by atoms with Gasteiger partial charge in [0.05, 0.1) is 10.5 Å². The van der Waals surface area contributed by atoms with Crippen LogP contribution < -0.4 is 15.7 Å². The van der Waals surface area contributed by atoms with Crippen LogP contribution in [0.1, 0.15) is 15.9 Å². The number of carbonyl (C=O) groups is 1. The van der Waals surface area contributed by atoms with Gasteiger partial charge < -0.3 is 9.73 Å². The lowest BCUT2D eigenvalue weighted by Gasteiger charge is -2.12. The highest BCUT2D eigenvalue weighted by Crippen LogP contribution is 2.31. The number of fused-ring (bicyclic) bond motifs is 1. The summed E-state index contributed by atoms with van der Waals surface area (Å²) in [6, 6.07) is 16.7. The number of alkyl halides is 3. The molecule has 11 heteroatoms. The SMILES string of the molecule is O=C(Nc1ccc(S(=O)(=O)Nc2cccc(C(F)(F)F)c2)cc1)c1cc2ccccc2oc1=O. The van der Waals surface area contributed by atoms with Crippen molar-refractivity contribution in [3.05, 3.63) is 100 Å². The van der Waals surface area contributed by atoms with E-state index in [-0.39, 0.29) is 21.8 Å². The van der Waals surface area contributed by atoms with E-state index < -0.39 is 33.3 Å². The fourth-order valence-corrected chi connectivity index (χ4v) is 4.16. The lowest BCUT2D eigenvalue weighted by molar-refractivity contribution is -0.137. The molecule has 34 heavy (non-hydrogen) atoms. The molecular formula is C23H15F3N2O5S. The topological polar surface area (TPSA) is 105 Å². The highest BCUT2D eigenvalue weighted by Gasteiger charge is 2.30. The normalized spacial score (nSPS) is 11.9. The molecule has 0 saturated heterocycles. The summed E-state index contributed by atoms with van der Waals surface area (Å²) in [5.41, 5.74) is -1.80. The maximum Gasteiger partial charge on any atom is 0.416 e. The minimum absolute atomic E-state index is 0.190. The quantitative estimate of drug-likeness (QED) is 0.390. The number of nitrogens with one attached hydrogen (secondary N) is 2. The predicted octanol–water partition coefficient (Wildman–Crippen LogP) is 4.86.